The van der Waals surface area contributed by atoms with Gasteiger partial charge in [-0.3, -0.25) is 9.97 Å². The fourth-order valence-corrected chi connectivity index (χ4v) is 6.44. The number of aromatic amines is 1. The van der Waals surface area contributed by atoms with Crippen molar-refractivity contribution in [1.29, 1.82) is 0 Å². The van der Waals surface area contributed by atoms with Gasteiger partial charge in [0.1, 0.15) is 5.82 Å². The van der Waals surface area contributed by atoms with Gasteiger partial charge in [0.15, 0.2) is 0 Å². The lowest BCUT2D eigenvalue weighted by Gasteiger charge is -2.16. The number of benzene rings is 5. The summed E-state index contributed by atoms with van der Waals surface area (Å²) in [5, 5.41) is 0. The Balaban J connectivity index is 1.25. The number of imidazole rings is 1. The van der Waals surface area contributed by atoms with Gasteiger partial charge in [0.25, 0.3) is 0 Å². The molecule has 0 saturated carbocycles. The Kier molecular flexibility index (Phi) is 7.96. The van der Waals surface area contributed by atoms with E-state index in [1.54, 1.807) is 0 Å². The summed E-state index contributed by atoms with van der Waals surface area (Å²) in [5.74, 6) is 0.868. The summed E-state index contributed by atoms with van der Waals surface area (Å²) in [6, 6.07) is 53.5. The van der Waals surface area contributed by atoms with Crippen molar-refractivity contribution in [1.82, 2.24) is 19.9 Å². The second kappa shape index (κ2) is 13.0. The summed E-state index contributed by atoms with van der Waals surface area (Å²) in [7, 11) is 0. The number of nitrogens with zero attached hydrogens (tertiary/aromatic N) is 3. The third kappa shape index (κ3) is 6.08. The number of hydrogen-bond acceptors (Lipinski definition) is 3. The van der Waals surface area contributed by atoms with Crippen molar-refractivity contribution in [2.45, 2.75) is 13.8 Å². The quantitative estimate of drug-likeness (QED) is 0.191. The minimum Gasteiger partial charge on any atom is -0.342 e. The summed E-state index contributed by atoms with van der Waals surface area (Å²) in [6.07, 6.45) is 3.67. The van der Waals surface area contributed by atoms with Crippen molar-refractivity contribution in [2.75, 3.05) is 0 Å². The zero-order valence-electron chi connectivity index (χ0n) is 27.4. The lowest BCUT2D eigenvalue weighted by atomic mass is 9.88. The molecule has 0 aliphatic carbocycles. The van der Waals surface area contributed by atoms with Crippen molar-refractivity contribution >= 4 is 0 Å². The minimum atomic E-state index is 0.868. The number of H-pyrrole nitrogens is 1. The molecule has 5 aromatic carbocycles. The first-order valence-electron chi connectivity index (χ1n) is 16.5. The molecule has 0 aliphatic heterocycles. The molecule has 8 aromatic rings. The lowest BCUT2D eigenvalue weighted by Crippen LogP contribution is -1.92. The summed E-state index contributed by atoms with van der Waals surface area (Å²) in [4.78, 5) is 17.5. The predicted octanol–water partition coefficient (Wildman–Crippen LogP) is 11.5. The Bertz CT molecular complexity index is 2210. The maximum atomic E-state index is 4.92. The number of pyridine rings is 2. The van der Waals surface area contributed by atoms with Crippen LogP contribution in [0.3, 0.4) is 0 Å². The molecule has 0 amide bonds. The molecule has 3 heterocycles. The molecule has 0 aliphatic rings. The molecule has 0 fully saturated rings. The number of hydrogen-bond donors (Lipinski definition) is 1. The number of aromatic nitrogens is 4. The van der Waals surface area contributed by atoms with Gasteiger partial charge in [0.05, 0.1) is 17.1 Å². The molecule has 4 heteroatoms. The van der Waals surface area contributed by atoms with E-state index in [1.807, 2.05) is 55.7 Å². The monoisotopic (exact) mass is 630 g/mol. The molecule has 234 valence electrons. The first kappa shape index (κ1) is 30.0. The van der Waals surface area contributed by atoms with Gasteiger partial charge in [0, 0.05) is 34.8 Å². The average Bonchev–Trinajstić information content (AvgIpc) is 3.52. The fraction of sp³-hybridized carbons (Fsp3) is 0.0444. The van der Waals surface area contributed by atoms with Crippen LogP contribution in [0.5, 0.6) is 0 Å². The number of rotatable bonds is 7. The molecule has 0 radical (unpaired) electrons. The Hall–Kier alpha value is -6.39. The topological polar surface area (TPSA) is 54.5 Å². The SMILES string of the molecule is Cc1nc(-c2cc(-c3ccccc3-c3ccc(-c4ccccn4)cc3)cc(-c3ccccc3-c3ccc(-c4ccccn4)cc3)c2)[nH]c1C. The highest BCUT2D eigenvalue weighted by molar-refractivity contribution is 5.91. The molecular weight excluding hydrogens is 597 g/mol. The van der Waals surface area contributed by atoms with E-state index in [0.717, 1.165) is 78.7 Å². The molecular formula is C45H34N4. The highest BCUT2D eigenvalue weighted by Crippen LogP contribution is 2.40. The molecule has 0 spiro atoms. The van der Waals surface area contributed by atoms with Crippen LogP contribution in [0.1, 0.15) is 11.4 Å². The summed E-state index contributed by atoms with van der Waals surface area (Å²) >= 11 is 0. The van der Waals surface area contributed by atoms with Gasteiger partial charge in [-0.1, -0.05) is 109 Å². The van der Waals surface area contributed by atoms with Crippen molar-refractivity contribution in [3.8, 4) is 78.4 Å². The van der Waals surface area contributed by atoms with Crippen LogP contribution in [0.25, 0.3) is 78.4 Å². The first-order chi connectivity index (χ1) is 24.1. The fourth-order valence-electron chi connectivity index (χ4n) is 6.44. The van der Waals surface area contributed by atoms with Crippen LogP contribution < -0.4 is 0 Å². The Morgan fingerprint density at radius 3 is 1.16 bits per heavy atom. The van der Waals surface area contributed by atoms with E-state index in [9.17, 15) is 0 Å². The molecule has 0 unspecified atom stereocenters. The van der Waals surface area contributed by atoms with E-state index in [0.29, 0.717) is 0 Å². The Morgan fingerprint density at radius 2 is 0.776 bits per heavy atom. The molecule has 1 N–H and O–H groups in total. The van der Waals surface area contributed by atoms with Gasteiger partial charge in [-0.05, 0) is 101 Å². The molecule has 0 atom stereocenters. The predicted molar refractivity (Wildman–Crippen MR) is 202 cm³/mol. The van der Waals surface area contributed by atoms with Crippen LogP contribution in [0.4, 0.5) is 0 Å². The van der Waals surface area contributed by atoms with Crippen molar-refractivity contribution in [2.24, 2.45) is 0 Å². The van der Waals surface area contributed by atoms with E-state index in [-0.39, 0.29) is 0 Å². The standard InChI is InChI=1S/C45H34N4/c1-30-31(2)49-45(48-30)38-28-36(41-13-5-3-11-39(41)32-17-21-34(22-18-32)43-15-7-9-25-46-43)27-37(29-38)42-14-6-4-12-40(42)33-19-23-35(24-20-33)44-16-8-10-26-47-44/h3-29H,1-2H3,(H,48,49). The van der Waals surface area contributed by atoms with Gasteiger partial charge in [0.2, 0.25) is 0 Å². The molecule has 8 rings (SSSR count). The van der Waals surface area contributed by atoms with Crippen LogP contribution >= 0.6 is 0 Å². The molecule has 0 saturated heterocycles. The van der Waals surface area contributed by atoms with Crippen LogP contribution in [-0.2, 0) is 0 Å². The van der Waals surface area contributed by atoms with Gasteiger partial charge in [-0.2, -0.15) is 0 Å². The highest BCUT2D eigenvalue weighted by atomic mass is 14.9. The Labute approximate surface area is 286 Å². The lowest BCUT2D eigenvalue weighted by molar-refractivity contribution is 1.22. The third-order valence-electron chi connectivity index (χ3n) is 9.12. The molecule has 3 aromatic heterocycles. The van der Waals surface area contributed by atoms with Crippen molar-refractivity contribution in [3.05, 3.63) is 175 Å². The van der Waals surface area contributed by atoms with E-state index in [1.165, 1.54) is 11.1 Å². The largest absolute Gasteiger partial charge is 0.342 e. The van der Waals surface area contributed by atoms with E-state index < -0.39 is 0 Å². The van der Waals surface area contributed by atoms with Crippen molar-refractivity contribution in [3.63, 3.8) is 0 Å². The van der Waals surface area contributed by atoms with Gasteiger partial charge in [-0.25, -0.2) is 4.98 Å². The van der Waals surface area contributed by atoms with Gasteiger partial charge in [-0.15, -0.1) is 0 Å². The molecule has 0 bridgehead atoms. The number of nitrogens with one attached hydrogen (secondary N) is 1. The third-order valence-corrected chi connectivity index (χ3v) is 9.12. The van der Waals surface area contributed by atoms with Crippen LogP contribution in [0, 0.1) is 13.8 Å². The zero-order chi connectivity index (χ0) is 33.2. The molecule has 4 nitrogen and oxygen atoms in total. The van der Waals surface area contributed by atoms with Crippen molar-refractivity contribution < 1.29 is 0 Å². The summed E-state index contributed by atoms with van der Waals surface area (Å²) in [6.45, 7) is 4.12. The summed E-state index contributed by atoms with van der Waals surface area (Å²) < 4.78 is 0. The second-order valence-corrected chi connectivity index (χ2v) is 12.3. The second-order valence-electron chi connectivity index (χ2n) is 12.3. The maximum absolute atomic E-state index is 4.92. The van der Waals surface area contributed by atoms with Gasteiger partial charge >= 0.3 is 0 Å². The van der Waals surface area contributed by atoms with E-state index in [4.69, 9.17) is 4.98 Å². The smallest absolute Gasteiger partial charge is 0.137 e. The first-order valence-corrected chi connectivity index (χ1v) is 16.5. The van der Waals surface area contributed by atoms with Crippen LogP contribution in [0.2, 0.25) is 0 Å². The minimum absolute atomic E-state index is 0.868. The number of aryl methyl sites for hydroxylation is 2. The molecule has 49 heavy (non-hydrogen) atoms. The van der Waals surface area contributed by atoms with Crippen LogP contribution in [-0.4, -0.2) is 19.9 Å². The van der Waals surface area contributed by atoms with E-state index in [2.05, 4.69) is 137 Å². The summed E-state index contributed by atoms with van der Waals surface area (Å²) in [5.41, 5.74) is 16.5. The van der Waals surface area contributed by atoms with E-state index >= 15 is 0 Å². The zero-order valence-corrected chi connectivity index (χ0v) is 27.4. The van der Waals surface area contributed by atoms with Gasteiger partial charge < -0.3 is 4.98 Å². The van der Waals surface area contributed by atoms with Crippen LogP contribution in [0.15, 0.2) is 164 Å². The normalized spacial score (nSPS) is 11.1. The Morgan fingerprint density at radius 1 is 0.388 bits per heavy atom. The average molecular weight is 631 g/mol. The maximum Gasteiger partial charge on any atom is 0.137 e. The highest BCUT2D eigenvalue weighted by Gasteiger charge is 2.16.